The zero-order valence-corrected chi connectivity index (χ0v) is 12.3. The molecular formula is C14H18BrFN2O. The van der Waals surface area contributed by atoms with Gasteiger partial charge in [-0.2, -0.15) is 0 Å². The summed E-state index contributed by atoms with van der Waals surface area (Å²) in [5.74, 6) is -0.132. The van der Waals surface area contributed by atoms with Crippen molar-refractivity contribution in [3.05, 3.63) is 34.1 Å². The van der Waals surface area contributed by atoms with Gasteiger partial charge in [-0.3, -0.25) is 4.79 Å². The number of hydrogen-bond acceptors (Lipinski definition) is 2. The van der Waals surface area contributed by atoms with Crippen LogP contribution in [0.2, 0.25) is 0 Å². The first kappa shape index (κ1) is 14.5. The predicted octanol–water partition coefficient (Wildman–Crippen LogP) is 2.39. The molecule has 3 nitrogen and oxygen atoms in total. The number of nitrogens with one attached hydrogen (secondary N) is 2. The van der Waals surface area contributed by atoms with E-state index in [-0.39, 0.29) is 17.8 Å². The molecule has 1 aromatic carbocycles. The summed E-state index contributed by atoms with van der Waals surface area (Å²) in [6.45, 7) is 1.51. The van der Waals surface area contributed by atoms with Gasteiger partial charge in [0.25, 0.3) is 0 Å². The summed E-state index contributed by atoms with van der Waals surface area (Å²) in [4.78, 5) is 11.7. The van der Waals surface area contributed by atoms with Crippen LogP contribution in [0.1, 0.15) is 24.8 Å². The fourth-order valence-electron chi connectivity index (χ4n) is 2.25. The summed E-state index contributed by atoms with van der Waals surface area (Å²) in [5.41, 5.74) is 0.691. The maximum absolute atomic E-state index is 13.6. The zero-order valence-electron chi connectivity index (χ0n) is 10.7. The highest BCUT2D eigenvalue weighted by Gasteiger charge is 2.21. The first-order valence-electron chi connectivity index (χ1n) is 6.62. The van der Waals surface area contributed by atoms with Gasteiger partial charge in [-0.15, -0.1) is 0 Å². The maximum Gasteiger partial charge on any atom is 0.237 e. The van der Waals surface area contributed by atoms with Gasteiger partial charge in [0.2, 0.25) is 5.91 Å². The predicted molar refractivity (Wildman–Crippen MR) is 76.5 cm³/mol. The molecule has 2 rings (SSSR count). The van der Waals surface area contributed by atoms with Crippen LogP contribution in [0.15, 0.2) is 22.7 Å². The van der Waals surface area contributed by atoms with E-state index in [9.17, 15) is 9.18 Å². The Bertz CT molecular complexity index is 447. The summed E-state index contributed by atoms with van der Waals surface area (Å²) in [6, 6.07) is 5.04. The standard InChI is InChI=1S/C14H18BrFN2O/c15-11-6-5-10(12(16)9-11)3-1-8-18-14(19)13-4-2-7-17-13/h5-6,9,13,17H,1-4,7-8H2,(H,18,19). The smallest absolute Gasteiger partial charge is 0.237 e. The number of rotatable bonds is 5. The van der Waals surface area contributed by atoms with Gasteiger partial charge in [-0.25, -0.2) is 4.39 Å². The van der Waals surface area contributed by atoms with Gasteiger partial charge in [-0.05, 0) is 49.9 Å². The molecular weight excluding hydrogens is 311 g/mol. The van der Waals surface area contributed by atoms with Crippen molar-refractivity contribution < 1.29 is 9.18 Å². The number of hydrogen-bond donors (Lipinski definition) is 2. The lowest BCUT2D eigenvalue weighted by Crippen LogP contribution is -2.40. The minimum absolute atomic E-state index is 0.0376. The molecule has 1 aliphatic heterocycles. The molecule has 1 unspecified atom stereocenters. The summed E-state index contributed by atoms with van der Waals surface area (Å²) < 4.78 is 14.3. The summed E-state index contributed by atoms with van der Waals surface area (Å²) in [7, 11) is 0. The van der Waals surface area contributed by atoms with Crippen molar-refractivity contribution in [3.8, 4) is 0 Å². The Hall–Kier alpha value is -0.940. The first-order valence-corrected chi connectivity index (χ1v) is 7.41. The van der Waals surface area contributed by atoms with E-state index in [4.69, 9.17) is 0 Å². The molecule has 0 radical (unpaired) electrons. The van der Waals surface area contributed by atoms with Crippen LogP contribution in [0.25, 0.3) is 0 Å². The number of halogens is 2. The SMILES string of the molecule is O=C(NCCCc1ccc(Br)cc1F)C1CCCN1. The molecule has 0 spiro atoms. The van der Waals surface area contributed by atoms with Gasteiger partial charge < -0.3 is 10.6 Å². The second-order valence-electron chi connectivity index (χ2n) is 4.78. The third kappa shape index (κ3) is 4.28. The number of carbonyl (C=O) groups is 1. The van der Waals surface area contributed by atoms with Gasteiger partial charge in [-0.1, -0.05) is 22.0 Å². The van der Waals surface area contributed by atoms with Gasteiger partial charge in [0, 0.05) is 11.0 Å². The van der Waals surface area contributed by atoms with E-state index in [1.807, 2.05) is 6.07 Å². The highest BCUT2D eigenvalue weighted by Crippen LogP contribution is 2.16. The van der Waals surface area contributed by atoms with Gasteiger partial charge in [0.15, 0.2) is 0 Å². The summed E-state index contributed by atoms with van der Waals surface area (Å²) in [5, 5.41) is 6.05. The molecule has 19 heavy (non-hydrogen) atoms. The molecule has 1 atom stereocenters. The Morgan fingerprint density at radius 2 is 2.37 bits per heavy atom. The Morgan fingerprint density at radius 3 is 3.05 bits per heavy atom. The number of carbonyl (C=O) groups excluding carboxylic acids is 1. The van der Waals surface area contributed by atoms with Crippen LogP contribution in [-0.4, -0.2) is 25.0 Å². The van der Waals surface area contributed by atoms with Gasteiger partial charge in [0.05, 0.1) is 6.04 Å². The molecule has 1 amide bonds. The normalized spacial score (nSPS) is 18.5. The maximum atomic E-state index is 13.6. The van der Waals surface area contributed by atoms with Crippen molar-refractivity contribution in [1.29, 1.82) is 0 Å². The molecule has 0 aromatic heterocycles. The van der Waals surface area contributed by atoms with E-state index in [1.165, 1.54) is 6.07 Å². The molecule has 2 N–H and O–H groups in total. The van der Waals surface area contributed by atoms with Crippen LogP contribution in [0.5, 0.6) is 0 Å². The largest absolute Gasteiger partial charge is 0.355 e. The molecule has 0 aliphatic carbocycles. The second-order valence-corrected chi connectivity index (χ2v) is 5.69. The minimum Gasteiger partial charge on any atom is -0.355 e. The van der Waals surface area contributed by atoms with Crippen LogP contribution in [0.3, 0.4) is 0 Å². The topological polar surface area (TPSA) is 41.1 Å². The van der Waals surface area contributed by atoms with Crippen molar-refractivity contribution in [1.82, 2.24) is 10.6 Å². The lowest BCUT2D eigenvalue weighted by atomic mass is 10.1. The molecule has 1 aromatic rings. The Morgan fingerprint density at radius 1 is 1.53 bits per heavy atom. The molecule has 0 saturated carbocycles. The van der Waals surface area contributed by atoms with Crippen LogP contribution in [0.4, 0.5) is 4.39 Å². The molecule has 104 valence electrons. The molecule has 1 aliphatic rings. The summed E-state index contributed by atoms with van der Waals surface area (Å²) >= 11 is 3.23. The molecule has 1 fully saturated rings. The van der Waals surface area contributed by atoms with Crippen molar-refractivity contribution in [2.24, 2.45) is 0 Å². The van der Waals surface area contributed by atoms with E-state index < -0.39 is 0 Å². The Labute approximate surface area is 121 Å². The van der Waals surface area contributed by atoms with E-state index in [0.29, 0.717) is 18.5 Å². The van der Waals surface area contributed by atoms with E-state index in [1.54, 1.807) is 6.07 Å². The Kier molecular flexibility index (Phi) is 5.34. The summed E-state index contributed by atoms with van der Waals surface area (Å²) in [6.07, 6.45) is 3.35. The first-order chi connectivity index (χ1) is 9.16. The van der Waals surface area contributed by atoms with Crippen molar-refractivity contribution in [3.63, 3.8) is 0 Å². The molecule has 5 heteroatoms. The molecule has 0 bridgehead atoms. The number of benzene rings is 1. The lowest BCUT2D eigenvalue weighted by molar-refractivity contribution is -0.122. The quantitative estimate of drug-likeness (QED) is 0.815. The molecule has 1 saturated heterocycles. The average Bonchev–Trinajstić information content (AvgIpc) is 2.90. The highest BCUT2D eigenvalue weighted by atomic mass is 79.9. The fourth-order valence-corrected chi connectivity index (χ4v) is 2.58. The third-order valence-electron chi connectivity index (χ3n) is 3.31. The Balaban J connectivity index is 1.70. The van der Waals surface area contributed by atoms with Crippen molar-refractivity contribution in [2.75, 3.05) is 13.1 Å². The van der Waals surface area contributed by atoms with E-state index >= 15 is 0 Å². The third-order valence-corrected chi connectivity index (χ3v) is 3.81. The fraction of sp³-hybridized carbons (Fsp3) is 0.500. The second kappa shape index (κ2) is 7.01. The zero-order chi connectivity index (χ0) is 13.7. The average molecular weight is 329 g/mol. The van der Waals surface area contributed by atoms with Crippen molar-refractivity contribution >= 4 is 21.8 Å². The van der Waals surface area contributed by atoms with Crippen molar-refractivity contribution in [2.45, 2.75) is 31.7 Å². The van der Waals surface area contributed by atoms with E-state index in [0.717, 1.165) is 30.3 Å². The highest BCUT2D eigenvalue weighted by molar-refractivity contribution is 9.10. The monoisotopic (exact) mass is 328 g/mol. The van der Waals surface area contributed by atoms with Gasteiger partial charge in [0.1, 0.15) is 5.82 Å². The molecule has 1 heterocycles. The van der Waals surface area contributed by atoms with E-state index in [2.05, 4.69) is 26.6 Å². The lowest BCUT2D eigenvalue weighted by Gasteiger charge is -2.11. The van der Waals surface area contributed by atoms with Crippen LogP contribution >= 0.6 is 15.9 Å². The van der Waals surface area contributed by atoms with Crippen LogP contribution in [-0.2, 0) is 11.2 Å². The van der Waals surface area contributed by atoms with Crippen LogP contribution in [0, 0.1) is 5.82 Å². The number of amides is 1. The van der Waals surface area contributed by atoms with Crippen LogP contribution < -0.4 is 10.6 Å². The number of aryl methyl sites for hydroxylation is 1. The minimum atomic E-state index is -0.196. The van der Waals surface area contributed by atoms with Gasteiger partial charge >= 0.3 is 0 Å².